The zero-order chi connectivity index (χ0) is 11.0. The lowest BCUT2D eigenvalue weighted by atomic mass is 10.1. The molecule has 0 saturated carbocycles. The Hall–Kier alpha value is -1.07. The molecule has 1 fully saturated rings. The number of phenolic OH excluding ortho intramolecular Hbond substituents is 1. The lowest BCUT2D eigenvalue weighted by molar-refractivity contribution is 0.482. The maximum Gasteiger partial charge on any atom is 0.123 e. The van der Waals surface area contributed by atoms with Crippen LogP contribution in [-0.4, -0.2) is 17.4 Å². The highest BCUT2D eigenvalue weighted by atomic mass is 31.1. The predicted octanol–water partition coefficient (Wildman–Crippen LogP) is 3.45. The van der Waals surface area contributed by atoms with Crippen molar-refractivity contribution in [1.82, 2.24) is 0 Å². The van der Waals surface area contributed by atoms with Crippen molar-refractivity contribution in [1.29, 1.82) is 0 Å². The predicted molar refractivity (Wildman–Crippen MR) is 71.1 cm³/mol. The standard InChI is InChI=1S/C14H15OP/c15-13-7-8-14(16-9-3-4-10-16)12-6-2-1-5-11(12)13/h1-2,5-8,15H,3-4,9-10H2. The molecule has 0 aliphatic carbocycles. The van der Waals surface area contributed by atoms with Crippen LogP contribution in [0.3, 0.4) is 0 Å². The van der Waals surface area contributed by atoms with Crippen LogP contribution in [0.15, 0.2) is 36.4 Å². The Morgan fingerprint density at radius 3 is 2.31 bits per heavy atom. The summed E-state index contributed by atoms with van der Waals surface area (Å²) < 4.78 is 0. The molecule has 0 radical (unpaired) electrons. The van der Waals surface area contributed by atoms with Crippen LogP contribution in [0.1, 0.15) is 12.8 Å². The quantitative estimate of drug-likeness (QED) is 0.744. The number of benzene rings is 2. The second-order valence-corrected chi connectivity index (χ2v) is 6.80. The summed E-state index contributed by atoms with van der Waals surface area (Å²) in [6.45, 7) is 0. The summed E-state index contributed by atoms with van der Waals surface area (Å²) in [5.41, 5.74) is 0. The average Bonchev–Trinajstić information content (AvgIpc) is 2.83. The van der Waals surface area contributed by atoms with Gasteiger partial charge in [-0.2, -0.15) is 0 Å². The van der Waals surface area contributed by atoms with Gasteiger partial charge in [-0.1, -0.05) is 38.3 Å². The Labute approximate surface area is 96.9 Å². The minimum absolute atomic E-state index is 0.0365. The maximum absolute atomic E-state index is 9.85. The molecule has 0 spiro atoms. The van der Waals surface area contributed by atoms with Crippen LogP contribution in [0.5, 0.6) is 5.75 Å². The first-order valence-electron chi connectivity index (χ1n) is 5.82. The van der Waals surface area contributed by atoms with Gasteiger partial charge in [0, 0.05) is 5.39 Å². The van der Waals surface area contributed by atoms with E-state index < -0.39 is 0 Å². The highest BCUT2D eigenvalue weighted by Crippen LogP contribution is 2.44. The lowest BCUT2D eigenvalue weighted by Gasteiger charge is -2.14. The minimum atomic E-state index is 0.0365. The van der Waals surface area contributed by atoms with Gasteiger partial charge in [-0.3, -0.25) is 0 Å². The molecule has 82 valence electrons. The molecule has 3 rings (SSSR count). The van der Waals surface area contributed by atoms with Crippen molar-refractivity contribution < 1.29 is 5.11 Å². The molecule has 1 heterocycles. The Morgan fingerprint density at radius 2 is 1.56 bits per heavy atom. The summed E-state index contributed by atoms with van der Waals surface area (Å²) in [5, 5.41) is 13.6. The van der Waals surface area contributed by atoms with Crippen LogP contribution >= 0.6 is 7.92 Å². The van der Waals surface area contributed by atoms with Crippen LogP contribution in [0.4, 0.5) is 0 Å². The monoisotopic (exact) mass is 230 g/mol. The van der Waals surface area contributed by atoms with Crippen LogP contribution < -0.4 is 5.30 Å². The Balaban J connectivity index is 2.21. The van der Waals surface area contributed by atoms with Gasteiger partial charge in [0.25, 0.3) is 0 Å². The molecule has 2 aromatic carbocycles. The van der Waals surface area contributed by atoms with Gasteiger partial charge in [-0.15, -0.1) is 0 Å². The summed E-state index contributed by atoms with van der Waals surface area (Å²) in [7, 11) is 0.0365. The fourth-order valence-electron chi connectivity index (χ4n) is 2.50. The molecular weight excluding hydrogens is 215 g/mol. The Morgan fingerprint density at radius 1 is 0.875 bits per heavy atom. The number of aromatic hydroxyl groups is 1. The van der Waals surface area contributed by atoms with Crippen molar-refractivity contribution in [3.63, 3.8) is 0 Å². The molecule has 0 amide bonds. The average molecular weight is 230 g/mol. The number of phenols is 1. The number of hydrogen-bond donors (Lipinski definition) is 1. The van der Waals surface area contributed by atoms with E-state index in [0.29, 0.717) is 5.75 Å². The molecule has 1 aliphatic rings. The fourth-order valence-corrected chi connectivity index (χ4v) is 5.24. The summed E-state index contributed by atoms with van der Waals surface area (Å²) in [6, 6.07) is 12.2. The molecular formula is C14H15OP. The van der Waals surface area contributed by atoms with Crippen molar-refractivity contribution in [2.24, 2.45) is 0 Å². The second-order valence-electron chi connectivity index (χ2n) is 4.34. The van der Waals surface area contributed by atoms with Crippen molar-refractivity contribution in [2.45, 2.75) is 12.8 Å². The normalized spacial score (nSPS) is 17.0. The van der Waals surface area contributed by atoms with Crippen LogP contribution in [-0.2, 0) is 0 Å². The SMILES string of the molecule is Oc1ccc(P2CCCC2)c2ccccc12. The van der Waals surface area contributed by atoms with Gasteiger partial charge in [0.05, 0.1) is 0 Å². The van der Waals surface area contributed by atoms with E-state index in [2.05, 4.69) is 18.2 Å². The van der Waals surface area contributed by atoms with Gasteiger partial charge in [0.1, 0.15) is 5.75 Å². The molecule has 1 saturated heterocycles. The van der Waals surface area contributed by atoms with Crippen molar-refractivity contribution in [3.05, 3.63) is 36.4 Å². The number of hydrogen-bond acceptors (Lipinski definition) is 1. The van der Waals surface area contributed by atoms with Crippen molar-refractivity contribution in [2.75, 3.05) is 12.3 Å². The molecule has 0 atom stereocenters. The lowest BCUT2D eigenvalue weighted by Crippen LogP contribution is -2.03. The van der Waals surface area contributed by atoms with E-state index in [1.54, 1.807) is 0 Å². The minimum Gasteiger partial charge on any atom is -0.507 e. The van der Waals surface area contributed by atoms with E-state index >= 15 is 0 Å². The van der Waals surface area contributed by atoms with E-state index in [0.717, 1.165) is 5.39 Å². The van der Waals surface area contributed by atoms with Gasteiger partial charge in [0.15, 0.2) is 0 Å². The Kier molecular flexibility index (Phi) is 2.57. The van der Waals surface area contributed by atoms with E-state index in [-0.39, 0.29) is 7.92 Å². The molecule has 2 aromatic rings. The molecule has 1 nitrogen and oxygen atoms in total. The van der Waals surface area contributed by atoms with Crippen molar-refractivity contribution >= 4 is 24.0 Å². The van der Waals surface area contributed by atoms with Gasteiger partial charge in [-0.05, 0) is 41.9 Å². The van der Waals surface area contributed by atoms with Crippen molar-refractivity contribution in [3.8, 4) is 5.75 Å². The first-order valence-corrected chi connectivity index (χ1v) is 7.53. The van der Waals surface area contributed by atoms with E-state index in [1.165, 1.54) is 35.9 Å². The summed E-state index contributed by atoms with van der Waals surface area (Å²) in [4.78, 5) is 0. The van der Waals surface area contributed by atoms with Gasteiger partial charge in [0.2, 0.25) is 0 Å². The highest BCUT2D eigenvalue weighted by molar-refractivity contribution is 7.66. The third-order valence-electron chi connectivity index (χ3n) is 3.32. The van der Waals surface area contributed by atoms with E-state index in [1.807, 2.05) is 18.2 Å². The van der Waals surface area contributed by atoms with E-state index in [9.17, 15) is 5.11 Å². The third-order valence-corrected chi connectivity index (χ3v) is 6.11. The van der Waals surface area contributed by atoms with Gasteiger partial charge in [-0.25, -0.2) is 0 Å². The number of fused-ring (bicyclic) bond motifs is 1. The first-order chi connectivity index (χ1) is 7.86. The van der Waals surface area contributed by atoms with Gasteiger partial charge < -0.3 is 5.11 Å². The first kappa shape index (κ1) is 10.1. The largest absolute Gasteiger partial charge is 0.507 e. The summed E-state index contributed by atoms with van der Waals surface area (Å²) >= 11 is 0. The molecule has 0 aromatic heterocycles. The third kappa shape index (κ3) is 1.60. The second kappa shape index (κ2) is 4.07. The topological polar surface area (TPSA) is 20.2 Å². The zero-order valence-corrected chi connectivity index (χ0v) is 10.1. The summed E-state index contributed by atoms with van der Waals surface area (Å²) in [6.07, 6.45) is 5.48. The molecule has 0 unspecified atom stereocenters. The molecule has 16 heavy (non-hydrogen) atoms. The van der Waals surface area contributed by atoms with Crippen LogP contribution in [0.2, 0.25) is 0 Å². The Bertz CT molecular complexity index is 515. The molecule has 1 aliphatic heterocycles. The summed E-state index contributed by atoms with van der Waals surface area (Å²) in [5.74, 6) is 0.411. The maximum atomic E-state index is 9.85. The van der Waals surface area contributed by atoms with E-state index in [4.69, 9.17) is 0 Å². The molecule has 2 heteroatoms. The molecule has 1 N–H and O–H groups in total. The van der Waals surface area contributed by atoms with Crippen LogP contribution in [0, 0.1) is 0 Å². The number of rotatable bonds is 1. The molecule has 0 bridgehead atoms. The van der Waals surface area contributed by atoms with Crippen LogP contribution in [0.25, 0.3) is 10.8 Å². The zero-order valence-electron chi connectivity index (χ0n) is 9.19. The van der Waals surface area contributed by atoms with Gasteiger partial charge >= 0.3 is 0 Å². The smallest absolute Gasteiger partial charge is 0.123 e. The highest BCUT2D eigenvalue weighted by Gasteiger charge is 2.18. The fraction of sp³-hybridized carbons (Fsp3) is 0.286.